The topological polar surface area (TPSA) is 88.5 Å². The fourth-order valence-electron chi connectivity index (χ4n) is 3.75. The van der Waals surface area contributed by atoms with Crippen molar-refractivity contribution >= 4 is 33.4 Å². The molecule has 0 bridgehead atoms. The van der Waals surface area contributed by atoms with E-state index in [2.05, 4.69) is 25.6 Å². The van der Waals surface area contributed by atoms with E-state index in [9.17, 15) is 26.7 Å². The number of nitrogens with zero attached hydrogens (tertiary/aromatic N) is 4. The number of nitrogens with one attached hydrogen (secondary N) is 2. The van der Waals surface area contributed by atoms with Gasteiger partial charge in [-0.15, -0.1) is 0 Å². The first-order chi connectivity index (χ1) is 16.1. The second kappa shape index (κ2) is 7.61. The Kier molecular flexibility index (Phi) is 4.81. The predicted octanol–water partition coefficient (Wildman–Crippen LogP) is 5.06. The number of hydrogen-bond donors (Lipinski definition) is 2. The molecule has 2 aromatic carbocycles. The number of rotatable bonds is 3. The number of amides is 1. The lowest BCUT2D eigenvalue weighted by atomic mass is 10.0. The number of H-pyrrole nitrogens is 1. The molecule has 3 heterocycles. The molecule has 5 rings (SSSR count). The summed E-state index contributed by atoms with van der Waals surface area (Å²) in [5, 5.41) is 13.1. The third-order valence-electron chi connectivity index (χ3n) is 5.37. The average molecular weight is 472 g/mol. The molecule has 12 heteroatoms. The summed E-state index contributed by atoms with van der Waals surface area (Å²) < 4.78 is 71.1. The van der Waals surface area contributed by atoms with Crippen LogP contribution in [0, 0.1) is 11.6 Å². The van der Waals surface area contributed by atoms with Gasteiger partial charge < -0.3 is 5.32 Å². The highest BCUT2D eigenvalue weighted by atomic mass is 19.4. The van der Waals surface area contributed by atoms with E-state index in [0.29, 0.717) is 5.52 Å². The first-order valence-corrected chi connectivity index (χ1v) is 9.76. The first kappa shape index (κ1) is 21.5. The van der Waals surface area contributed by atoms with Crippen LogP contribution in [0.3, 0.4) is 0 Å². The molecule has 2 N–H and O–H groups in total. The van der Waals surface area contributed by atoms with E-state index in [1.54, 1.807) is 0 Å². The van der Waals surface area contributed by atoms with Gasteiger partial charge in [0.25, 0.3) is 5.91 Å². The lowest BCUT2D eigenvalue weighted by Crippen LogP contribution is -2.16. The molecule has 0 unspecified atom stereocenters. The van der Waals surface area contributed by atoms with Crippen molar-refractivity contribution in [2.45, 2.75) is 6.18 Å². The summed E-state index contributed by atoms with van der Waals surface area (Å²) >= 11 is 0. The van der Waals surface area contributed by atoms with Crippen molar-refractivity contribution < 1.29 is 26.7 Å². The summed E-state index contributed by atoms with van der Waals surface area (Å²) in [6, 6.07) is 6.09. The zero-order valence-electron chi connectivity index (χ0n) is 17.2. The number of carbonyl (C=O) groups is 1. The smallest absolute Gasteiger partial charge is 0.322 e. The van der Waals surface area contributed by atoms with Crippen LogP contribution in [0.2, 0.25) is 0 Å². The fraction of sp³-hybridized carbons (Fsp3) is 0.0909. The predicted molar refractivity (Wildman–Crippen MR) is 113 cm³/mol. The summed E-state index contributed by atoms with van der Waals surface area (Å²) in [5.74, 6) is -3.22. The Labute approximate surface area is 187 Å². The molecule has 7 nitrogen and oxygen atoms in total. The second-order valence-electron chi connectivity index (χ2n) is 7.45. The molecule has 0 aliphatic rings. The van der Waals surface area contributed by atoms with Gasteiger partial charge in [0, 0.05) is 42.1 Å². The Bertz CT molecular complexity index is 1590. The Morgan fingerprint density at radius 2 is 1.88 bits per heavy atom. The number of aromatic nitrogens is 5. The highest BCUT2D eigenvalue weighted by Gasteiger charge is 2.34. The number of carbonyl (C=O) groups excluding carboxylic acids is 1. The Balaban J connectivity index is 1.55. The van der Waals surface area contributed by atoms with Crippen LogP contribution in [0.25, 0.3) is 33.1 Å². The zero-order valence-corrected chi connectivity index (χ0v) is 17.2. The Hall–Kier alpha value is -4.35. The molecule has 172 valence electrons. The highest BCUT2D eigenvalue weighted by molar-refractivity contribution is 6.08. The van der Waals surface area contributed by atoms with Crippen LogP contribution in [-0.2, 0) is 13.2 Å². The van der Waals surface area contributed by atoms with E-state index < -0.39 is 34.8 Å². The number of pyridine rings is 1. The van der Waals surface area contributed by atoms with Crippen LogP contribution in [0.1, 0.15) is 15.9 Å². The van der Waals surface area contributed by atoms with Gasteiger partial charge in [-0.2, -0.15) is 23.4 Å². The Morgan fingerprint density at radius 1 is 1.09 bits per heavy atom. The minimum absolute atomic E-state index is 0.0297. The molecular formula is C22H13F5N6O. The first-order valence-electron chi connectivity index (χ1n) is 9.76. The van der Waals surface area contributed by atoms with Gasteiger partial charge in [-0.05, 0) is 24.3 Å². The van der Waals surface area contributed by atoms with Gasteiger partial charge in [-0.1, -0.05) is 0 Å². The van der Waals surface area contributed by atoms with E-state index in [-0.39, 0.29) is 33.2 Å². The van der Waals surface area contributed by atoms with Gasteiger partial charge in [-0.3, -0.25) is 19.6 Å². The molecule has 0 aliphatic carbocycles. The normalized spacial score (nSPS) is 11.9. The van der Waals surface area contributed by atoms with Crippen LogP contribution in [0.5, 0.6) is 0 Å². The van der Waals surface area contributed by atoms with Gasteiger partial charge in [0.1, 0.15) is 22.9 Å². The van der Waals surface area contributed by atoms with Crippen molar-refractivity contribution in [2.24, 2.45) is 7.05 Å². The number of benzene rings is 2. The van der Waals surface area contributed by atoms with Crippen LogP contribution < -0.4 is 5.32 Å². The second-order valence-corrected chi connectivity index (χ2v) is 7.45. The standard InChI is InChI=1S/C22H13F5N6O/c1-33-17-7-15(23)18(19(24)13(17)9-29-33)21(34)30-10-2-3-16-11(6-10)20(32-31-16)12-8-28-5-4-14(12)22(25,26)27/h2-9H,1H3,(H,30,34)(H,31,32). The molecule has 0 fully saturated rings. The molecular weight excluding hydrogens is 459 g/mol. The van der Waals surface area contributed by atoms with Crippen molar-refractivity contribution in [1.82, 2.24) is 25.0 Å². The van der Waals surface area contributed by atoms with Gasteiger partial charge >= 0.3 is 6.18 Å². The van der Waals surface area contributed by atoms with E-state index in [1.165, 1.54) is 36.1 Å². The fourth-order valence-corrected chi connectivity index (χ4v) is 3.75. The van der Waals surface area contributed by atoms with Crippen molar-refractivity contribution in [3.8, 4) is 11.3 Å². The maximum atomic E-state index is 14.9. The quantitative estimate of drug-likeness (QED) is 0.359. The van der Waals surface area contributed by atoms with Crippen LogP contribution in [0.15, 0.2) is 48.9 Å². The summed E-state index contributed by atoms with van der Waals surface area (Å²) in [6.07, 6.45) is -1.40. The molecule has 34 heavy (non-hydrogen) atoms. The third kappa shape index (κ3) is 3.43. The average Bonchev–Trinajstić information content (AvgIpc) is 3.37. The van der Waals surface area contributed by atoms with Crippen LogP contribution in [-0.4, -0.2) is 30.9 Å². The molecule has 0 spiro atoms. The van der Waals surface area contributed by atoms with Crippen molar-refractivity contribution in [2.75, 3.05) is 5.32 Å². The molecule has 1 amide bonds. The maximum Gasteiger partial charge on any atom is 0.417 e. The Morgan fingerprint density at radius 3 is 2.65 bits per heavy atom. The van der Waals surface area contributed by atoms with Crippen LogP contribution >= 0.6 is 0 Å². The monoisotopic (exact) mass is 472 g/mol. The summed E-state index contributed by atoms with van der Waals surface area (Å²) in [7, 11) is 1.51. The molecule has 0 saturated carbocycles. The lowest BCUT2D eigenvalue weighted by molar-refractivity contribution is -0.137. The van der Waals surface area contributed by atoms with Crippen LogP contribution in [0.4, 0.5) is 27.6 Å². The molecule has 0 radical (unpaired) electrons. The van der Waals surface area contributed by atoms with Gasteiger partial charge in [0.05, 0.1) is 28.2 Å². The van der Waals surface area contributed by atoms with E-state index in [1.807, 2.05) is 0 Å². The van der Waals surface area contributed by atoms with E-state index in [4.69, 9.17) is 0 Å². The summed E-state index contributed by atoms with van der Waals surface area (Å²) in [5.41, 5.74) is -1.38. The van der Waals surface area contributed by atoms with Gasteiger partial charge in [0.15, 0.2) is 0 Å². The molecule has 5 aromatic rings. The number of aromatic amines is 1. The van der Waals surface area contributed by atoms with E-state index >= 15 is 0 Å². The summed E-state index contributed by atoms with van der Waals surface area (Å²) in [6.45, 7) is 0. The number of halogens is 5. The molecule has 3 aromatic heterocycles. The molecule has 0 atom stereocenters. The number of aryl methyl sites for hydroxylation is 1. The minimum atomic E-state index is -4.64. The number of fused-ring (bicyclic) bond motifs is 2. The van der Waals surface area contributed by atoms with Gasteiger partial charge in [-0.25, -0.2) is 8.78 Å². The maximum absolute atomic E-state index is 14.9. The number of alkyl halides is 3. The third-order valence-corrected chi connectivity index (χ3v) is 5.37. The van der Waals surface area contributed by atoms with Crippen molar-refractivity contribution in [3.63, 3.8) is 0 Å². The van der Waals surface area contributed by atoms with E-state index in [0.717, 1.165) is 24.5 Å². The molecule has 0 aliphatic heterocycles. The van der Waals surface area contributed by atoms with Crippen molar-refractivity contribution in [1.29, 1.82) is 0 Å². The number of hydrogen-bond acceptors (Lipinski definition) is 4. The lowest BCUT2D eigenvalue weighted by Gasteiger charge is -2.11. The largest absolute Gasteiger partial charge is 0.417 e. The zero-order chi connectivity index (χ0) is 24.2. The molecule has 0 saturated heterocycles. The highest BCUT2D eigenvalue weighted by Crippen LogP contribution is 2.38. The number of anilines is 1. The summed E-state index contributed by atoms with van der Waals surface area (Å²) in [4.78, 5) is 16.5. The SMILES string of the molecule is Cn1ncc2c(F)c(C(=O)Nc3ccc4[nH]nc(-c5cnccc5C(F)(F)F)c4c3)c(F)cc21. The van der Waals surface area contributed by atoms with Gasteiger partial charge in [0.2, 0.25) is 0 Å². The van der Waals surface area contributed by atoms with Crippen molar-refractivity contribution in [3.05, 3.63) is 71.7 Å². The minimum Gasteiger partial charge on any atom is -0.322 e.